The Kier molecular flexibility index (Phi) is 5.70. The van der Waals surface area contributed by atoms with E-state index in [1.54, 1.807) is 13.8 Å². The van der Waals surface area contributed by atoms with Crippen LogP contribution < -0.4 is 0 Å². The zero-order valence-electron chi connectivity index (χ0n) is 13.9. The van der Waals surface area contributed by atoms with Crippen molar-refractivity contribution in [3.63, 3.8) is 0 Å². The fourth-order valence-electron chi connectivity index (χ4n) is 3.75. The summed E-state index contributed by atoms with van der Waals surface area (Å²) in [7, 11) is -3.54. The maximum absolute atomic E-state index is 13.0. The van der Waals surface area contributed by atoms with Gasteiger partial charge in [0, 0.05) is 13.1 Å². The third-order valence-electron chi connectivity index (χ3n) is 5.07. The number of carboxylic acids is 1. The molecule has 0 aromatic carbocycles. The number of nitrogens with zero attached hydrogens (tertiary/aromatic N) is 1. The van der Waals surface area contributed by atoms with Crippen molar-refractivity contribution in [2.75, 3.05) is 13.1 Å². The van der Waals surface area contributed by atoms with Gasteiger partial charge in [-0.15, -0.1) is 0 Å². The van der Waals surface area contributed by atoms with Crippen LogP contribution in [0.25, 0.3) is 0 Å². The molecule has 0 spiro atoms. The first-order valence-electron chi connectivity index (χ1n) is 8.49. The molecule has 0 unspecified atom stereocenters. The van der Waals surface area contributed by atoms with E-state index in [-0.39, 0.29) is 12.5 Å². The zero-order chi connectivity index (χ0) is 17.2. The highest BCUT2D eigenvalue weighted by atomic mass is 32.2. The quantitative estimate of drug-likeness (QED) is 0.819. The van der Waals surface area contributed by atoms with E-state index in [1.165, 1.54) is 4.90 Å². The number of carbonyl (C=O) groups excluding carboxylic acids is 1. The SMILES string of the molecule is CC(C)[C@@H](C(=O)N1CC[C@H](C(=O)O)C1)S(=O)(=O)C1CCCCC1. The third-order valence-corrected chi connectivity index (χ3v) is 7.92. The lowest BCUT2D eigenvalue weighted by Gasteiger charge is -2.31. The van der Waals surface area contributed by atoms with Crippen LogP contribution in [0.5, 0.6) is 0 Å². The Hall–Kier alpha value is -1.11. The van der Waals surface area contributed by atoms with Gasteiger partial charge in [0.15, 0.2) is 9.84 Å². The Morgan fingerprint density at radius 2 is 1.70 bits per heavy atom. The average Bonchev–Trinajstić information content (AvgIpc) is 2.97. The summed E-state index contributed by atoms with van der Waals surface area (Å²) in [6.45, 7) is 3.97. The van der Waals surface area contributed by atoms with Crippen LogP contribution in [0.15, 0.2) is 0 Å². The third kappa shape index (κ3) is 3.87. The Balaban J connectivity index is 2.17. The maximum Gasteiger partial charge on any atom is 0.308 e. The molecule has 0 aromatic rings. The molecule has 0 aromatic heterocycles. The summed E-state index contributed by atoms with van der Waals surface area (Å²) in [4.78, 5) is 25.3. The van der Waals surface area contributed by atoms with Crippen molar-refractivity contribution in [3.8, 4) is 0 Å². The van der Waals surface area contributed by atoms with Gasteiger partial charge in [-0.2, -0.15) is 0 Å². The number of hydrogen-bond donors (Lipinski definition) is 1. The standard InChI is InChI=1S/C16H27NO5S/c1-11(2)14(23(21,22)13-6-4-3-5-7-13)15(18)17-9-8-12(10-17)16(19)20/h11-14H,3-10H2,1-2H3,(H,19,20)/t12-,14-/m0/s1. The highest BCUT2D eigenvalue weighted by Crippen LogP contribution is 2.30. The number of sulfone groups is 1. The number of carbonyl (C=O) groups is 2. The predicted molar refractivity (Wildman–Crippen MR) is 86.7 cm³/mol. The van der Waals surface area contributed by atoms with Crippen molar-refractivity contribution in [2.24, 2.45) is 11.8 Å². The number of carboxylic acid groups (broad SMARTS) is 1. The van der Waals surface area contributed by atoms with Crippen molar-refractivity contribution in [2.45, 2.75) is 62.9 Å². The molecule has 2 aliphatic rings. The van der Waals surface area contributed by atoms with Gasteiger partial charge in [0.1, 0.15) is 5.25 Å². The van der Waals surface area contributed by atoms with Gasteiger partial charge in [-0.3, -0.25) is 9.59 Å². The monoisotopic (exact) mass is 345 g/mol. The van der Waals surface area contributed by atoms with E-state index in [4.69, 9.17) is 5.11 Å². The molecule has 1 aliphatic heterocycles. The molecule has 7 heteroatoms. The summed E-state index contributed by atoms with van der Waals surface area (Å²) in [5.41, 5.74) is 0. The van der Waals surface area contributed by atoms with E-state index in [2.05, 4.69) is 0 Å². The molecule has 23 heavy (non-hydrogen) atoms. The summed E-state index contributed by atoms with van der Waals surface area (Å²) < 4.78 is 26.0. The molecular formula is C16H27NO5S. The van der Waals surface area contributed by atoms with Gasteiger partial charge in [0.25, 0.3) is 0 Å². The Labute approximate surface area is 138 Å². The molecule has 1 aliphatic carbocycles. The molecule has 2 rings (SSSR count). The second-order valence-corrected chi connectivity index (χ2v) is 9.47. The Bertz CT molecular complexity index is 551. The van der Waals surface area contributed by atoms with Crippen LogP contribution in [-0.2, 0) is 19.4 Å². The molecule has 2 atom stereocenters. The van der Waals surface area contributed by atoms with Crippen LogP contribution in [-0.4, -0.2) is 53.9 Å². The molecule has 6 nitrogen and oxygen atoms in total. The van der Waals surface area contributed by atoms with Crippen molar-refractivity contribution in [3.05, 3.63) is 0 Å². The average molecular weight is 345 g/mol. The highest BCUT2D eigenvalue weighted by molar-refractivity contribution is 7.93. The molecule has 2 fully saturated rings. The summed E-state index contributed by atoms with van der Waals surface area (Å²) in [5, 5.41) is 7.60. The molecule has 1 amide bonds. The van der Waals surface area contributed by atoms with Gasteiger partial charge in [0.2, 0.25) is 5.91 Å². The molecule has 0 radical (unpaired) electrons. The van der Waals surface area contributed by atoms with Gasteiger partial charge in [0.05, 0.1) is 11.2 Å². The van der Waals surface area contributed by atoms with Crippen molar-refractivity contribution in [1.82, 2.24) is 4.90 Å². The Morgan fingerprint density at radius 1 is 1.09 bits per heavy atom. The minimum Gasteiger partial charge on any atom is -0.481 e. The number of aliphatic carboxylic acids is 1. The van der Waals surface area contributed by atoms with E-state index in [0.717, 1.165) is 19.3 Å². The Morgan fingerprint density at radius 3 is 2.17 bits per heavy atom. The van der Waals surface area contributed by atoms with Gasteiger partial charge in [-0.05, 0) is 25.2 Å². The summed E-state index contributed by atoms with van der Waals surface area (Å²) in [6, 6.07) is 0. The van der Waals surface area contributed by atoms with Crippen LogP contribution in [0.2, 0.25) is 0 Å². The van der Waals surface area contributed by atoms with Crippen molar-refractivity contribution < 1.29 is 23.1 Å². The van der Waals surface area contributed by atoms with E-state index in [0.29, 0.717) is 25.8 Å². The molecule has 1 N–H and O–H groups in total. The second kappa shape index (κ2) is 7.20. The maximum atomic E-state index is 13.0. The molecule has 132 valence electrons. The summed E-state index contributed by atoms with van der Waals surface area (Å²) in [5.74, 6) is -2.21. The fourth-order valence-corrected chi connectivity index (χ4v) is 6.34. The summed E-state index contributed by atoms with van der Waals surface area (Å²) in [6.07, 6.45) is 4.52. The van der Waals surface area contributed by atoms with Crippen LogP contribution in [0, 0.1) is 11.8 Å². The van der Waals surface area contributed by atoms with Crippen LogP contribution in [0.1, 0.15) is 52.4 Å². The topological polar surface area (TPSA) is 91.8 Å². The molecule has 1 heterocycles. The van der Waals surface area contributed by atoms with E-state index >= 15 is 0 Å². The summed E-state index contributed by atoms with van der Waals surface area (Å²) >= 11 is 0. The normalized spacial score (nSPS) is 24.8. The number of amides is 1. The van der Waals surface area contributed by atoms with Crippen molar-refractivity contribution >= 4 is 21.7 Å². The second-order valence-electron chi connectivity index (χ2n) is 7.12. The number of hydrogen-bond acceptors (Lipinski definition) is 4. The van der Waals surface area contributed by atoms with Crippen molar-refractivity contribution in [1.29, 1.82) is 0 Å². The molecule has 0 bridgehead atoms. The largest absolute Gasteiger partial charge is 0.481 e. The lowest BCUT2D eigenvalue weighted by molar-refractivity contribution is -0.141. The molecular weight excluding hydrogens is 318 g/mol. The lowest BCUT2D eigenvalue weighted by Crippen LogP contribution is -2.48. The zero-order valence-corrected chi connectivity index (χ0v) is 14.7. The molecule has 1 saturated carbocycles. The van der Waals surface area contributed by atoms with Gasteiger partial charge < -0.3 is 10.0 Å². The first-order valence-corrected chi connectivity index (χ1v) is 10.1. The predicted octanol–water partition coefficient (Wildman–Crippen LogP) is 1.69. The fraction of sp³-hybridized carbons (Fsp3) is 0.875. The van der Waals surface area contributed by atoms with E-state index in [9.17, 15) is 18.0 Å². The van der Waals surface area contributed by atoms with Gasteiger partial charge >= 0.3 is 5.97 Å². The number of rotatable bonds is 5. The van der Waals surface area contributed by atoms with Crippen LogP contribution in [0.3, 0.4) is 0 Å². The first kappa shape index (κ1) is 18.2. The van der Waals surface area contributed by atoms with E-state index < -0.39 is 38.1 Å². The first-order chi connectivity index (χ1) is 10.7. The minimum absolute atomic E-state index is 0.123. The highest BCUT2D eigenvalue weighted by Gasteiger charge is 2.44. The van der Waals surface area contributed by atoms with E-state index in [1.807, 2.05) is 0 Å². The van der Waals surface area contributed by atoms with Gasteiger partial charge in [-0.25, -0.2) is 8.42 Å². The van der Waals surface area contributed by atoms with Crippen LogP contribution >= 0.6 is 0 Å². The lowest BCUT2D eigenvalue weighted by atomic mass is 10.0. The molecule has 1 saturated heterocycles. The van der Waals surface area contributed by atoms with Crippen LogP contribution in [0.4, 0.5) is 0 Å². The van der Waals surface area contributed by atoms with Gasteiger partial charge in [-0.1, -0.05) is 33.1 Å². The smallest absolute Gasteiger partial charge is 0.308 e. The number of likely N-dealkylation sites (tertiary alicyclic amines) is 1. The minimum atomic E-state index is -3.54.